The molecule has 0 fully saturated rings. The van der Waals surface area contributed by atoms with Gasteiger partial charge in [0.25, 0.3) is 0 Å². The van der Waals surface area contributed by atoms with Gasteiger partial charge in [-0.1, -0.05) is 6.07 Å². The number of nitrogens with zero attached hydrogens (tertiary/aromatic N) is 3. The second-order valence-electron chi connectivity index (χ2n) is 2.16. The van der Waals surface area contributed by atoms with E-state index >= 15 is 0 Å². The molecule has 0 N–H and O–H groups in total. The Morgan fingerprint density at radius 3 is 3.27 bits per heavy atom. The van der Waals surface area contributed by atoms with Gasteiger partial charge in [0.15, 0.2) is 5.82 Å². The van der Waals surface area contributed by atoms with Crippen LogP contribution in [-0.2, 0) is 5.75 Å². The second-order valence-corrected chi connectivity index (χ2v) is 2.89. The van der Waals surface area contributed by atoms with Gasteiger partial charge < -0.3 is 0 Å². The minimum absolute atomic E-state index is 0.440. The number of rotatable bonds is 0. The van der Waals surface area contributed by atoms with E-state index in [-0.39, 0.29) is 0 Å². The molecule has 0 unspecified atom stereocenters. The lowest BCUT2D eigenvalue weighted by Gasteiger charge is -1.93. The number of nitriles is 1. The molecule has 0 amide bonds. The van der Waals surface area contributed by atoms with E-state index in [1.165, 1.54) is 11.9 Å². The standard InChI is InChI=1S/C7H4N3S/c8-3-6-2-1-5-4-11-10-7(5)9-6/h1-2H,4H2. The minimum Gasteiger partial charge on any atom is -0.217 e. The van der Waals surface area contributed by atoms with Crippen LogP contribution in [0.2, 0.25) is 0 Å². The zero-order valence-electron chi connectivity index (χ0n) is 5.61. The van der Waals surface area contributed by atoms with Crippen LogP contribution >= 0.6 is 11.9 Å². The molecule has 0 spiro atoms. The van der Waals surface area contributed by atoms with E-state index in [9.17, 15) is 0 Å². The van der Waals surface area contributed by atoms with Gasteiger partial charge in [-0.2, -0.15) is 9.98 Å². The molecule has 1 aromatic heterocycles. The first-order valence-electron chi connectivity index (χ1n) is 3.13. The van der Waals surface area contributed by atoms with Gasteiger partial charge in [0, 0.05) is 11.3 Å². The van der Waals surface area contributed by atoms with Crippen molar-refractivity contribution in [2.75, 3.05) is 0 Å². The molecule has 2 heterocycles. The Labute approximate surface area is 68.6 Å². The maximum Gasteiger partial charge on any atom is 0.165 e. The Kier molecular flexibility index (Phi) is 1.44. The molecule has 0 aliphatic carbocycles. The van der Waals surface area contributed by atoms with E-state index < -0.39 is 0 Å². The third kappa shape index (κ3) is 1.03. The highest BCUT2D eigenvalue weighted by atomic mass is 32.2. The van der Waals surface area contributed by atoms with Gasteiger partial charge in [0.05, 0.1) is 0 Å². The molecular formula is C7H4N3S. The van der Waals surface area contributed by atoms with Crippen molar-refractivity contribution in [2.45, 2.75) is 5.75 Å². The molecule has 3 nitrogen and oxygen atoms in total. The Balaban J connectivity index is 2.51. The molecule has 0 saturated carbocycles. The molecule has 0 bridgehead atoms. The van der Waals surface area contributed by atoms with E-state index in [0.29, 0.717) is 11.5 Å². The molecule has 1 aliphatic heterocycles. The van der Waals surface area contributed by atoms with Crippen LogP contribution in [0.25, 0.3) is 0 Å². The summed E-state index contributed by atoms with van der Waals surface area (Å²) in [6, 6.07) is 5.61. The summed E-state index contributed by atoms with van der Waals surface area (Å²) in [5.74, 6) is 1.60. The molecule has 0 atom stereocenters. The molecular weight excluding hydrogens is 158 g/mol. The van der Waals surface area contributed by atoms with Crippen LogP contribution in [0.5, 0.6) is 0 Å². The van der Waals surface area contributed by atoms with Crippen molar-refractivity contribution < 1.29 is 0 Å². The average molecular weight is 162 g/mol. The molecule has 0 aromatic carbocycles. The molecule has 53 valence electrons. The van der Waals surface area contributed by atoms with Crippen molar-refractivity contribution in [2.24, 2.45) is 0 Å². The van der Waals surface area contributed by atoms with Crippen LogP contribution < -0.4 is 4.72 Å². The lowest BCUT2D eigenvalue weighted by molar-refractivity contribution is 1.17. The van der Waals surface area contributed by atoms with Crippen molar-refractivity contribution in [3.8, 4) is 6.07 Å². The van der Waals surface area contributed by atoms with Crippen molar-refractivity contribution >= 4 is 17.8 Å². The lowest BCUT2D eigenvalue weighted by atomic mass is 10.2. The smallest absolute Gasteiger partial charge is 0.165 e. The summed E-state index contributed by atoms with van der Waals surface area (Å²) < 4.78 is 4.06. The van der Waals surface area contributed by atoms with Gasteiger partial charge in [-0.05, 0) is 18.0 Å². The molecule has 0 saturated heterocycles. The van der Waals surface area contributed by atoms with E-state index in [1.54, 1.807) is 6.07 Å². The zero-order chi connectivity index (χ0) is 7.68. The molecule has 1 aromatic rings. The van der Waals surface area contributed by atoms with Crippen LogP contribution in [0.15, 0.2) is 12.1 Å². The van der Waals surface area contributed by atoms with Crippen molar-refractivity contribution in [3.63, 3.8) is 0 Å². The largest absolute Gasteiger partial charge is 0.217 e. The predicted molar refractivity (Wildman–Crippen MR) is 42.0 cm³/mol. The van der Waals surface area contributed by atoms with Gasteiger partial charge in [0.1, 0.15) is 11.8 Å². The zero-order valence-corrected chi connectivity index (χ0v) is 6.43. The topological polar surface area (TPSA) is 50.8 Å². The van der Waals surface area contributed by atoms with Crippen LogP contribution in [0.3, 0.4) is 0 Å². The third-order valence-electron chi connectivity index (χ3n) is 1.44. The van der Waals surface area contributed by atoms with Gasteiger partial charge >= 0.3 is 0 Å². The fourth-order valence-corrected chi connectivity index (χ4v) is 1.60. The lowest BCUT2D eigenvalue weighted by Crippen LogP contribution is -1.87. The Bertz CT molecular complexity index is 329. The fraction of sp³-hybridized carbons (Fsp3) is 0.143. The van der Waals surface area contributed by atoms with E-state index in [2.05, 4.69) is 9.71 Å². The molecule has 2 rings (SSSR count). The monoisotopic (exact) mass is 162 g/mol. The van der Waals surface area contributed by atoms with Crippen LogP contribution in [0.4, 0.5) is 5.82 Å². The average Bonchev–Trinajstić information content (AvgIpc) is 2.50. The SMILES string of the molecule is N#Cc1ccc2c(n1)[N]SC2. The fourth-order valence-electron chi connectivity index (χ4n) is 0.894. The van der Waals surface area contributed by atoms with E-state index in [4.69, 9.17) is 5.26 Å². The summed E-state index contributed by atoms with van der Waals surface area (Å²) in [7, 11) is 0. The van der Waals surface area contributed by atoms with Gasteiger partial charge in [-0.3, -0.25) is 0 Å². The highest BCUT2D eigenvalue weighted by Gasteiger charge is 2.13. The number of hydrogen-bond donors (Lipinski definition) is 0. The first kappa shape index (κ1) is 6.50. The maximum absolute atomic E-state index is 8.51. The molecule has 4 heteroatoms. The van der Waals surface area contributed by atoms with Gasteiger partial charge in [0.2, 0.25) is 0 Å². The molecule has 1 radical (unpaired) electrons. The van der Waals surface area contributed by atoms with Gasteiger partial charge in [-0.15, -0.1) is 0 Å². The van der Waals surface area contributed by atoms with Gasteiger partial charge in [-0.25, -0.2) is 4.98 Å². The predicted octanol–water partition coefficient (Wildman–Crippen LogP) is 1.35. The first-order chi connectivity index (χ1) is 5.40. The third-order valence-corrected chi connectivity index (χ3v) is 2.18. The summed E-state index contributed by atoms with van der Waals surface area (Å²) in [6.45, 7) is 0. The van der Waals surface area contributed by atoms with Crippen molar-refractivity contribution in [1.29, 1.82) is 5.26 Å². The number of hydrogen-bond acceptors (Lipinski definition) is 3. The van der Waals surface area contributed by atoms with E-state index in [1.807, 2.05) is 12.1 Å². The highest BCUT2D eigenvalue weighted by Crippen LogP contribution is 2.28. The Hall–Kier alpha value is -1.21. The first-order valence-corrected chi connectivity index (χ1v) is 4.07. The Morgan fingerprint density at radius 1 is 1.55 bits per heavy atom. The summed E-state index contributed by atoms with van der Waals surface area (Å²) in [5, 5.41) is 8.51. The molecule has 1 aliphatic rings. The summed E-state index contributed by atoms with van der Waals surface area (Å²) in [4.78, 5) is 4.02. The minimum atomic E-state index is 0.440. The van der Waals surface area contributed by atoms with Crippen LogP contribution in [-0.4, -0.2) is 4.98 Å². The van der Waals surface area contributed by atoms with Crippen molar-refractivity contribution in [1.82, 2.24) is 9.71 Å². The maximum atomic E-state index is 8.51. The summed E-state index contributed by atoms with van der Waals surface area (Å²) in [6.07, 6.45) is 0. The normalized spacial score (nSPS) is 13.4. The van der Waals surface area contributed by atoms with Crippen LogP contribution in [0, 0.1) is 11.3 Å². The van der Waals surface area contributed by atoms with Crippen LogP contribution in [0.1, 0.15) is 11.3 Å². The van der Waals surface area contributed by atoms with Crippen molar-refractivity contribution in [3.05, 3.63) is 23.4 Å². The van der Waals surface area contributed by atoms with E-state index in [0.717, 1.165) is 11.3 Å². The number of aromatic nitrogens is 1. The Morgan fingerprint density at radius 2 is 2.45 bits per heavy atom. The summed E-state index contributed by atoms with van der Waals surface area (Å²) >= 11 is 1.48. The number of pyridine rings is 1. The molecule has 11 heavy (non-hydrogen) atoms. The highest BCUT2D eigenvalue weighted by molar-refractivity contribution is 7.97. The quantitative estimate of drug-likeness (QED) is 0.541. The summed E-state index contributed by atoms with van der Waals surface area (Å²) in [5.41, 5.74) is 1.56. The second kappa shape index (κ2) is 2.44. The number of fused-ring (bicyclic) bond motifs is 1.